The third-order valence-corrected chi connectivity index (χ3v) is 3.32. The van der Waals surface area contributed by atoms with E-state index in [1.54, 1.807) is 6.20 Å². The zero-order valence-corrected chi connectivity index (χ0v) is 10.2. The largest absolute Gasteiger partial charge is 0.489 e. The van der Waals surface area contributed by atoms with Crippen molar-refractivity contribution in [3.05, 3.63) is 30.5 Å². The van der Waals surface area contributed by atoms with Crippen molar-refractivity contribution < 1.29 is 4.74 Å². The molecular weight excluding hydrogens is 226 g/mol. The van der Waals surface area contributed by atoms with Crippen molar-refractivity contribution in [2.75, 3.05) is 18.8 Å². The lowest BCUT2D eigenvalue weighted by Gasteiger charge is -2.24. The summed E-state index contributed by atoms with van der Waals surface area (Å²) in [6, 6.07) is 7.93. The molecule has 1 saturated heterocycles. The van der Waals surface area contributed by atoms with Gasteiger partial charge in [0.1, 0.15) is 17.7 Å². The highest BCUT2D eigenvalue weighted by Crippen LogP contribution is 2.25. The highest BCUT2D eigenvalue weighted by atomic mass is 16.5. The Morgan fingerprint density at radius 1 is 1.33 bits per heavy atom. The van der Waals surface area contributed by atoms with Gasteiger partial charge in [0.05, 0.1) is 0 Å². The van der Waals surface area contributed by atoms with Crippen molar-refractivity contribution in [2.24, 2.45) is 0 Å². The van der Waals surface area contributed by atoms with E-state index in [0.29, 0.717) is 5.82 Å². The van der Waals surface area contributed by atoms with E-state index >= 15 is 0 Å². The van der Waals surface area contributed by atoms with Crippen LogP contribution in [0, 0.1) is 0 Å². The van der Waals surface area contributed by atoms with Gasteiger partial charge in [-0.15, -0.1) is 0 Å². The fraction of sp³-hybridized carbons (Fsp3) is 0.357. The van der Waals surface area contributed by atoms with Crippen molar-refractivity contribution in [3.8, 4) is 5.75 Å². The number of hydrogen-bond donors (Lipinski definition) is 2. The number of nitrogens with zero attached hydrogens (tertiary/aromatic N) is 1. The molecule has 2 aromatic rings. The normalized spacial score (nSPS) is 19.9. The Morgan fingerprint density at radius 3 is 3.11 bits per heavy atom. The highest BCUT2D eigenvalue weighted by molar-refractivity contribution is 5.91. The number of nitrogen functional groups attached to an aromatic ring is 1. The van der Waals surface area contributed by atoms with Crippen molar-refractivity contribution in [1.29, 1.82) is 0 Å². The van der Waals surface area contributed by atoms with Crippen molar-refractivity contribution in [3.63, 3.8) is 0 Å². The molecule has 0 spiro atoms. The lowest BCUT2D eigenvalue weighted by molar-refractivity contribution is 0.167. The van der Waals surface area contributed by atoms with Crippen LogP contribution in [-0.2, 0) is 0 Å². The average molecular weight is 243 g/mol. The Bertz CT molecular complexity index is 550. The molecule has 1 aromatic carbocycles. The van der Waals surface area contributed by atoms with Crippen LogP contribution in [0.5, 0.6) is 5.75 Å². The molecule has 3 N–H and O–H groups in total. The molecule has 1 fully saturated rings. The summed E-state index contributed by atoms with van der Waals surface area (Å²) in [5.41, 5.74) is 5.83. The Kier molecular flexibility index (Phi) is 3.02. The van der Waals surface area contributed by atoms with Crippen molar-refractivity contribution >= 4 is 16.6 Å². The number of hydrogen-bond acceptors (Lipinski definition) is 4. The molecule has 0 bridgehead atoms. The van der Waals surface area contributed by atoms with Crippen LogP contribution >= 0.6 is 0 Å². The predicted octanol–water partition coefficient (Wildman–Crippen LogP) is 1.95. The summed E-state index contributed by atoms with van der Waals surface area (Å²) in [5.74, 6) is 1.47. The molecule has 1 aliphatic rings. The molecule has 0 amide bonds. The summed E-state index contributed by atoms with van der Waals surface area (Å²) in [7, 11) is 0. The Morgan fingerprint density at radius 2 is 2.28 bits per heavy atom. The van der Waals surface area contributed by atoms with Gasteiger partial charge in [0, 0.05) is 18.1 Å². The molecule has 1 atom stereocenters. The first-order chi connectivity index (χ1) is 8.83. The van der Waals surface area contributed by atoms with E-state index in [2.05, 4.69) is 10.3 Å². The van der Waals surface area contributed by atoms with Gasteiger partial charge in [0.2, 0.25) is 0 Å². The van der Waals surface area contributed by atoms with E-state index in [1.165, 1.54) is 6.42 Å². The smallest absolute Gasteiger partial charge is 0.131 e. The van der Waals surface area contributed by atoms with Gasteiger partial charge in [-0.25, -0.2) is 4.98 Å². The Labute approximate surface area is 106 Å². The third kappa shape index (κ3) is 2.24. The van der Waals surface area contributed by atoms with Gasteiger partial charge in [-0.2, -0.15) is 0 Å². The summed E-state index contributed by atoms with van der Waals surface area (Å²) >= 11 is 0. The third-order valence-electron chi connectivity index (χ3n) is 3.32. The number of anilines is 1. The highest BCUT2D eigenvalue weighted by Gasteiger charge is 2.14. The number of rotatable bonds is 2. The van der Waals surface area contributed by atoms with Gasteiger partial charge in [0.15, 0.2) is 0 Å². The quantitative estimate of drug-likeness (QED) is 0.846. The van der Waals surface area contributed by atoms with Gasteiger partial charge in [-0.1, -0.05) is 0 Å². The Hall–Kier alpha value is -1.81. The van der Waals surface area contributed by atoms with Gasteiger partial charge in [-0.05, 0) is 49.0 Å². The molecule has 3 rings (SSSR count). The predicted molar refractivity (Wildman–Crippen MR) is 72.7 cm³/mol. The first-order valence-corrected chi connectivity index (χ1v) is 6.34. The van der Waals surface area contributed by atoms with Crippen LogP contribution in [0.1, 0.15) is 12.8 Å². The number of nitrogens with two attached hydrogens (primary N) is 1. The standard InChI is InChI=1S/C14H17N3O/c15-14-13-4-3-11(8-10(13)5-7-17-14)18-12-2-1-6-16-9-12/h3-5,7-8,12,16H,1-2,6,9H2,(H2,15,17). The van der Waals surface area contributed by atoms with E-state index in [0.717, 1.165) is 36.0 Å². The fourth-order valence-electron chi connectivity index (χ4n) is 2.37. The summed E-state index contributed by atoms with van der Waals surface area (Å²) < 4.78 is 5.98. The van der Waals surface area contributed by atoms with E-state index in [4.69, 9.17) is 10.5 Å². The number of nitrogens with one attached hydrogen (secondary N) is 1. The minimum atomic E-state index is 0.274. The average Bonchev–Trinajstić information content (AvgIpc) is 2.40. The van der Waals surface area contributed by atoms with Gasteiger partial charge < -0.3 is 15.8 Å². The molecule has 2 heterocycles. The molecule has 4 nitrogen and oxygen atoms in total. The fourth-order valence-corrected chi connectivity index (χ4v) is 2.37. The second kappa shape index (κ2) is 4.82. The molecule has 1 aliphatic heterocycles. The number of ether oxygens (including phenoxy) is 1. The first kappa shape index (κ1) is 11.3. The van der Waals surface area contributed by atoms with Crippen LogP contribution in [-0.4, -0.2) is 24.2 Å². The summed E-state index contributed by atoms with van der Waals surface area (Å²) in [6.45, 7) is 2.02. The van der Waals surface area contributed by atoms with E-state index in [1.807, 2.05) is 24.3 Å². The molecule has 1 aromatic heterocycles. The van der Waals surface area contributed by atoms with Crippen LogP contribution in [0.15, 0.2) is 30.5 Å². The minimum absolute atomic E-state index is 0.274. The minimum Gasteiger partial charge on any atom is -0.489 e. The Balaban J connectivity index is 1.84. The van der Waals surface area contributed by atoms with Gasteiger partial charge >= 0.3 is 0 Å². The SMILES string of the molecule is Nc1nccc2cc(OC3CCCNC3)ccc12. The maximum Gasteiger partial charge on any atom is 0.131 e. The molecule has 1 unspecified atom stereocenters. The van der Waals surface area contributed by atoms with Crippen LogP contribution in [0.4, 0.5) is 5.82 Å². The summed E-state index contributed by atoms with van der Waals surface area (Å²) in [5, 5.41) is 5.40. The van der Waals surface area contributed by atoms with E-state index < -0.39 is 0 Å². The zero-order chi connectivity index (χ0) is 12.4. The number of fused-ring (bicyclic) bond motifs is 1. The van der Waals surface area contributed by atoms with Crippen LogP contribution in [0.25, 0.3) is 10.8 Å². The molecule has 0 saturated carbocycles. The van der Waals surface area contributed by atoms with Crippen LogP contribution < -0.4 is 15.8 Å². The maximum atomic E-state index is 5.98. The van der Waals surface area contributed by atoms with Gasteiger partial charge in [0.25, 0.3) is 0 Å². The lowest BCUT2D eigenvalue weighted by Crippen LogP contribution is -2.37. The number of benzene rings is 1. The number of aromatic nitrogens is 1. The monoisotopic (exact) mass is 243 g/mol. The lowest BCUT2D eigenvalue weighted by atomic mass is 10.1. The van der Waals surface area contributed by atoms with Gasteiger partial charge in [-0.3, -0.25) is 0 Å². The second-order valence-electron chi connectivity index (χ2n) is 4.67. The topological polar surface area (TPSA) is 60.2 Å². The van der Waals surface area contributed by atoms with E-state index in [-0.39, 0.29) is 6.10 Å². The number of pyridine rings is 1. The summed E-state index contributed by atoms with van der Waals surface area (Å²) in [4.78, 5) is 4.08. The molecule has 18 heavy (non-hydrogen) atoms. The maximum absolute atomic E-state index is 5.98. The van der Waals surface area contributed by atoms with Crippen molar-refractivity contribution in [1.82, 2.24) is 10.3 Å². The zero-order valence-electron chi connectivity index (χ0n) is 10.2. The molecule has 0 aliphatic carbocycles. The first-order valence-electron chi connectivity index (χ1n) is 6.34. The van der Waals surface area contributed by atoms with Crippen molar-refractivity contribution in [2.45, 2.75) is 18.9 Å². The molecule has 0 radical (unpaired) electrons. The van der Waals surface area contributed by atoms with E-state index in [9.17, 15) is 0 Å². The molecule has 94 valence electrons. The second-order valence-corrected chi connectivity index (χ2v) is 4.67. The molecule has 4 heteroatoms. The summed E-state index contributed by atoms with van der Waals surface area (Å²) in [6.07, 6.45) is 4.29. The van der Waals surface area contributed by atoms with Crippen LogP contribution in [0.2, 0.25) is 0 Å². The van der Waals surface area contributed by atoms with Crippen LogP contribution in [0.3, 0.4) is 0 Å². The number of piperidine rings is 1. The molecular formula is C14H17N3O.